The number of amides is 1. The molecule has 128 valence electrons. The average molecular weight is 373 g/mol. The van der Waals surface area contributed by atoms with Crippen LogP contribution in [0.15, 0.2) is 23.1 Å². The van der Waals surface area contributed by atoms with Crippen LogP contribution in [0.4, 0.5) is 13.9 Å². The standard InChI is InChI=1S/C14H13F2N3O3S2/c1-8(20)17-14-18-11-4-5-19(7-12(11)23-14)24(21,22)13-6-9(15)2-3-10(13)16/h2-3,6H,4-5,7H2,1H3,(H,17,18,20). The van der Waals surface area contributed by atoms with Gasteiger partial charge in [0.05, 0.1) is 12.2 Å². The summed E-state index contributed by atoms with van der Waals surface area (Å²) in [7, 11) is -4.16. The smallest absolute Gasteiger partial charge is 0.246 e. The highest BCUT2D eigenvalue weighted by atomic mass is 32.2. The van der Waals surface area contributed by atoms with Crippen molar-refractivity contribution >= 4 is 32.4 Å². The quantitative estimate of drug-likeness (QED) is 0.894. The van der Waals surface area contributed by atoms with Gasteiger partial charge in [-0.25, -0.2) is 22.2 Å². The number of carbonyl (C=O) groups is 1. The molecule has 2 aromatic rings. The number of fused-ring (bicyclic) bond motifs is 1. The predicted molar refractivity (Wildman–Crippen MR) is 84.1 cm³/mol. The van der Waals surface area contributed by atoms with Crippen LogP contribution in [0.1, 0.15) is 17.5 Å². The van der Waals surface area contributed by atoms with Crippen molar-refractivity contribution in [2.24, 2.45) is 0 Å². The van der Waals surface area contributed by atoms with Crippen molar-refractivity contribution in [3.8, 4) is 0 Å². The largest absolute Gasteiger partial charge is 0.302 e. The molecule has 1 aromatic carbocycles. The number of hydrogen-bond donors (Lipinski definition) is 1. The minimum absolute atomic E-state index is 0.00483. The van der Waals surface area contributed by atoms with Gasteiger partial charge >= 0.3 is 0 Å². The molecule has 24 heavy (non-hydrogen) atoms. The Balaban J connectivity index is 1.90. The molecule has 1 aliphatic heterocycles. The summed E-state index contributed by atoms with van der Waals surface area (Å²) < 4.78 is 53.4. The third-order valence-corrected chi connectivity index (χ3v) is 6.35. The van der Waals surface area contributed by atoms with E-state index >= 15 is 0 Å². The fourth-order valence-corrected chi connectivity index (χ4v) is 5.03. The van der Waals surface area contributed by atoms with Gasteiger partial charge in [-0.2, -0.15) is 4.31 Å². The molecule has 2 heterocycles. The van der Waals surface area contributed by atoms with Gasteiger partial charge in [-0.3, -0.25) is 4.79 Å². The predicted octanol–water partition coefficient (Wildman–Crippen LogP) is 2.13. The third kappa shape index (κ3) is 3.17. The molecule has 0 atom stereocenters. The molecular formula is C14H13F2N3O3S2. The summed E-state index contributed by atoms with van der Waals surface area (Å²) in [5, 5.41) is 2.95. The number of nitrogens with one attached hydrogen (secondary N) is 1. The molecule has 6 nitrogen and oxygen atoms in total. The lowest BCUT2D eigenvalue weighted by Gasteiger charge is -2.25. The van der Waals surface area contributed by atoms with Gasteiger partial charge in [-0.1, -0.05) is 0 Å². The molecule has 0 fully saturated rings. The van der Waals surface area contributed by atoms with Crippen molar-refractivity contribution in [3.05, 3.63) is 40.4 Å². The first-order valence-electron chi connectivity index (χ1n) is 6.99. The van der Waals surface area contributed by atoms with Crippen LogP contribution in [0, 0.1) is 11.6 Å². The lowest BCUT2D eigenvalue weighted by atomic mass is 10.2. The highest BCUT2D eigenvalue weighted by molar-refractivity contribution is 7.89. The second kappa shape index (κ2) is 6.19. The van der Waals surface area contributed by atoms with Crippen LogP contribution in [0.2, 0.25) is 0 Å². The molecular weight excluding hydrogens is 360 g/mol. The van der Waals surface area contributed by atoms with Crippen LogP contribution >= 0.6 is 11.3 Å². The number of aromatic nitrogens is 1. The first-order chi connectivity index (χ1) is 11.3. The number of carbonyl (C=O) groups excluding carboxylic acids is 1. The summed E-state index contributed by atoms with van der Waals surface area (Å²) in [6.45, 7) is 1.46. The minimum atomic E-state index is -4.16. The third-order valence-electron chi connectivity index (χ3n) is 3.49. The number of hydrogen-bond acceptors (Lipinski definition) is 5. The van der Waals surface area contributed by atoms with E-state index < -0.39 is 26.6 Å². The van der Waals surface area contributed by atoms with Gasteiger partial charge in [-0.05, 0) is 18.2 Å². The van der Waals surface area contributed by atoms with E-state index in [1.165, 1.54) is 18.3 Å². The van der Waals surface area contributed by atoms with Crippen LogP contribution in [0.3, 0.4) is 0 Å². The van der Waals surface area contributed by atoms with Gasteiger partial charge in [-0.15, -0.1) is 11.3 Å². The molecule has 1 aliphatic rings. The fourth-order valence-electron chi connectivity index (χ4n) is 2.40. The molecule has 0 unspecified atom stereocenters. The Hall–Kier alpha value is -1.91. The summed E-state index contributed by atoms with van der Waals surface area (Å²) in [6, 6.07) is 2.33. The van der Waals surface area contributed by atoms with E-state index in [-0.39, 0.29) is 19.0 Å². The Morgan fingerprint density at radius 3 is 2.83 bits per heavy atom. The molecule has 1 N–H and O–H groups in total. The van der Waals surface area contributed by atoms with E-state index in [2.05, 4.69) is 10.3 Å². The number of nitrogens with zero attached hydrogens (tertiary/aromatic N) is 2. The van der Waals surface area contributed by atoms with E-state index in [0.717, 1.165) is 16.4 Å². The summed E-state index contributed by atoms with van der Waals surface area (Å²) in [4.78, 5) is 15.3. The summed E-state index contributed by atoms with van der Waals surface area (Å²) in [5.74, 6) is -2.09. The summed E-state index contributed by atoms with van der Waals surface area (Å²) in [5.41, 5.74) is 0.704. The van der Waals surface area contributed by atoms with Gasteiger partial charge in [0.1, 0.15) is 16.5 Å². The number of benzene rings is 1. The first-order valence-corrected chi connectivity index (χ1v) is 9.24. The van der Waals surface area contributed by atoms with Crippen molar-refractivity contribution in [3.63, 3.8) is 0 Å². The Bertz CT molecular complexity index is 912. The van der Waals surface area contributed by atoms with E-state index in [0.29, 0.717) is 28.2 Å². The van der Waals surface area contributed by atoms with Gasteiger partial charge < -0.3 is 5.32 Å². The maximum Gasteiger partial charge on any atom is 0.246 e. The maximum absolute atomic E-state index is 13.8. The van der Waals surface area contributed by atoms with Crippen molar-refractivity contribution in [2.75, 3.05) is 11.9 Å². The molecule has 0 aliphatic carbocycles. The monoisotopic (exact) mass is 373 g/mol. The second-order valence-electron chi connectivity index (χ2n) is 5.23. The van der Waals surface area contributed by atoms with Gasteiger partial charge in [0.25, 0.3) is 0 Å². The zero-order chi connectivity index (χ0) is 17.5. The van der Waals surface area contributed by atoms with Gasteiger partial charge in [0, 0.05) is 24.8 Å². The molecule has 0 saturated carbocycles. The Morgan fingerprint density at radius 1 is 1.38 bits per heavy atom. The van der Waals surface area contributed by atoms with Crippen LogP contribution in [-0.2, 0) is 27.8 Å². The molecule has 1 amide bonds. The number of sulfonamides is 1. The van der Waals surface area contributed by atoms with Crippen LogP contribution < -0.4 is 5.32 Å². The zero-order valence-corrected chi connectivity index (χ0v) is 14.2. The van der Waals surface area contributed by atoms with Crippen LogP contribution in [-0.4, -0.2) is 30.2 Å². The molecule has 3 rings (SSSR count). The highest BCUT2D eigenvalue weighted by Crippen LogP contribution is 2.31. The Labute approximate surface area is 141 Å². The lowest BCUT2D eigenvalue weighted by Crippen LogP contribution is -2.36. The lowest BCUT2D eigenvalue weighted by molar-refractivity contribution is -0.114. The van der Waals surface area contributed by atoms with E-state index in [1.807, 2.05) is 0 Å². The molecule has 0 saturated heterocycles. The van der Waals surface area contributed by atoms with Crippen molar-refractivity contribution < 1.29 is 22.0 Å². The topological polar surface area (TPSA) is 79.4 Å². The maximum atomic E-state index is 13.8. The Kier molecular flexibility index (Phi) is 4.37. The highest BCUT2D eigenvalue weighted by Gasteiger charge is 2.32. The van der Waals surface area contributed by atoms with E-state index in [1.54, 1.807) is 0 Å². The molecule has 0 radical (unpaired) electrons. The number of rotatable bonds is 3. The zero-order valence-electron chi connectivity index (χ0n) is 12.5. The van der Waals surface area contributed by atoms with Crippen molar-refractivity contribution in [1.82, 2.24) is 9.29 Å². The van der Waals surface area contributed by atoms with Crippen molar-refractivity contribution in [2.45, 2.75) is 24.8 Å². The van der Waals surface area contributed by atoms with Gasteiger partial charge in [0.2, 0.25) is 15.9 Å². The normalized spacial score (nSPS) is 15.1. The van der Waals surface area contributed by atoms with E-state index in [9.17, 15) is 22.0 Å². The molecule has 0 spiro atoms. The molecule has 1 aromatic heterocycles. The summed E-state index contributed by atoms with van der Waals surface area (Å²) in [6.07, 6.45) is 0.335. The average Bonchev–Trinajstić information content (AvgIpc) is 2.89. The number of anilines is 1. The van der Waals surface area contributed by atoms with Crippen LogP contribution in [0.25, 0.3) is 0 Å². The SMILES string of the molecule is CC(=O)Nc1nc2c(s1)CN(S(=O)(=O)c1cc(F)ccc1F)CC2. The van der Waals surface area contributed by atoms with Crippen molar-refractivity contribution in [1.29, 1.82) is 0 Å². The molecule has 10 heteroatoms. The van der Waals surface area contributed by atoms with Crippen LogP contribution in [0.5, 0.6) is 0 Å². The Morgan fingerprint density at radius 2 is 2.12 bits per heavy atom. The first kappa shape index (κ1) is 16.9. The minimum Gasteiger partial charge on any atom is -0.302 e. The second-order valence-corrected chi connectivity index (χ2v) is 8.22. The van der Waals surface area contributed by atoms with E-state index in [4.69, 9.17) is 0 Å². The number of halogens is 2. The fraction of sp³-hybridized carbons (Fsp3) is 0.286. The van der Waals surface area contributed by atoms with Gasteiger partial charge in [0.15, 0.2) is 5.13 Å². The molecule has 0 bridgehead atoms. The summed E-state index contributed by atoms with van der Waals surface area (Å²) >= 11 is 1.17. The number of thiazole rings is 1.